The van der Waals surface area contributed by atoms with Crippen LogP contribution in [0.1, 0.15) is 22.0 Å². The highest BCUT2D eigenvalue weighted by Crippen LogP contribution is 2.42. The molecule has 1 aliphatic heterocycles. The lowest BCUT2D eigenvalue weighted by Gasteiger charge is -2.20. The second kappa shape index (κ2) is 4.96. The zero-order chi connectivity index (χ0) is 15.1. The lowest BCUT2D eigenvalue weighted by molar-refractivity contribution is 0.0994. The van der Waals surface area contributed by atoms with Gasteiger partial charge in [-0.25, -0.2) is 0 Å². The van der Waals surface area contributed by atoms with Crippen LogP contribution in [0.5, 0.6) is 5.75 Å². The number of phenols is 1. The van der Waals surface area contributed by atoms with E-state index in [1.807, 2.05) is 0 Å². The van der Waals surface area contributed by atoms with Crippen molar-refractivity contribution in [2.24, 2.45) is 0 Å². The number of fused-ring (bicyclic) bond motifs is 1. The van der Waals surface area contributed by atoms with E-state index in [-0.39, 0.29) is 11.7 Å². The molecule has 0 radical (unpaired) electrons. The maximum atomic E-state index is 12.6. The van der Waals surface area contributed by atoms with E-state index in [0.717, 1.165) is 0 Å². The summed E-state index contributed by atoms with van der Waals surface area (Å²) in [5.41, 5.74) is 1.29. The van der Waals surface area contributed by atoms with Gasteiger partial charge in [-0.2, -0.15) is 5.26 Å². The maximum Gasteiger partial charge on any atom is 0.260 e. The van der Waals surface area contributed by atoms with Gasteiger partial charge in [-0.1, -0.05) is 23.2 Å². The van der Waals surface area contributed by atoms with E-state index in [1.165, 1.54) is 29.2 Å². The summed E-state index contributed by atoms with van der Waals surface area (Å²) in [6, 6.07) is 10.3. The quantitative estimate of drug-likeness (QED) is 0.866. The minimum absolute atomic E-state index is 0.0810. The van der Waals surface area contributed by atoms with Crippen molar-refractivity contribution in [1.82, 2.24) is 0 Å². The van der Waals surface area contributed by atoms with Gasteiger partial charge < -0.3 is 5.11 Å². The molecule has 3 rings (SSSR count). The molecule has 0 aliphatic carbocycles. The van der Waals surface area contributed by atoms with Crippen LogP contribution in [-0.4, -0.2) is 11.0 Å². The van der Waals surface area contributed by atoms with E-state index >= 15 is 0 Å². The Kier molecular flexibility index (Phi) is 3.25. The van der Waals surface area contributed by atoms with Crippen LogP contribution in [0.2, 0.25) is 10.0 Å². The number of nitrogens with zero attached hydrogens (tertiary/aromatic N) is 2. The molecule has 1 unspecified atom stereocenters. The van der Waals surface area contributed by atoms with Gasteiger partial charge in [0.1, 0.15) is 5.75 Å². The van der Waals surface area contributed by atoms with Gasteiger partial charge in [-0.05, 0) is 36.4 Å². The molecule has 0 aromatic heterocycles. The Bertz CT molecular complexity index is 781. The summed E-state index contributed by atoms with van der Waals surface area (Å²) in [6.45, 7) is 0. The summed E-state index contributed by atoms with van der Waals surface area (Å²) in [7, 11) is 0. The van der Waals surface area contributed by atoms with Crippen molar-refractivity contribution < 1.29 is 9.90 Å². The van der Waals surface area contributed by atoms with E-state index < -0.39 is 6.04 Å². The molecule has 1 aliphatic rings. The van der Waals surface area contributed by atoms with Crippen molar-refractivity contribution in [3.63, 3.8) is 0 Å². The molecular formula is C15H8Cl2N2O2. The number of phenolic OH excluding ortho intramolecular Hbond substituents is 1. The molecule has 1 amide bonds. The summed E-state index contributed by atoms with van der Waals surface area (Å²) in [4.78, 5) is 13.9. The molecule has 1 atom stereocenters. The maximum absolute atomic E-state index is 12.6. The lowest BCUT2D eigenvalue weighted by Crippen LogP contribution is -2.26. The normalized spacial score (nSPS) is 16.7. The molecule has 0 bridgehead atoms. The van der Waals surface area contributed by atoms with Gasteiger partial charge in [-0.3, -0.25) is 9.69 Å². The average Bonchev–Trinajstić information content (AvgIpc) is 2.73. The van der Waals surface area contributed by atoms with Crippen LogP contribution >= 0.6 is 23.2 Å². The Hall–Kier alpha value is -2.22. The van der Waals surface area contributed by atoms with Crippen LogP contribution in [-0.2, 0) is 0 Å². The number of hydrogen-bond acceptors (Lipinski definition) is 3. The van der Waals surface area contributed by atoms with E-state index in [2.05, 4.69) is 6.07 Å². The van der Waals surface area contributed by atoms with Crippen molar-refractivity contribution in [1.29, 1.82) is 5.26 Å². The summed E-state index contributed by atoms with van der Waals surface area (Å²) < 4.78 is 0. The fraction of sp³-hybridized carbons (Fsp3) is 0.0667. The molecule has 0 saturated carbocycles. The highest BCUT2D eigenvalue weighted by atomic mass is 35.5. The Morgan fingerprint density at radius 3 is 2.48 bits per heavy atom. The van der Waals surface area contributed by atoms with E-state index in [1.54, 1.807) is 12.1 Å². The Balaban J connectivity index is 2.17. The zero-order valence-electron chi connectivity index (χ0n) is 10.5. The molecule has 0 spiro atoms. The Morgan fingerprint density at radius 2 is 1.86 bits per heavy atom. The standard InChI is InChI=1S/C15H8Cl2N2O2/c16-8-5-11-14(12(17)6-8)13(7-18)19(15(11)21)9-1-3-10(20)4-2-9/h1-6,13,20H. The first kappa shape index (κ1) is 13.7. The predicted octanol–water partition coefficient (Wildman–Crippen LogP) is 3.92. The van der Waals surface area contributed by atoms with Crippen LogP contribution < -0.4 is 4.90 Å². The third-order valence-corrected chi connectivity index (χ3v) is 3.86. The molecule has 2 aromatic rings. The predicted molar refractivity (Wildman–Crippen MR) is 79.7 cm³/mol. The zero-order valence-corrected chi connectivity index (χ0v) is 12.1. The molecule has 1 heterocycles. The van der Waals surface area contributed by atoms with Crippen LogP contribution in [0.15, 0.2) is 36.4 Å². The number of rotatable bonds is 1. The molecule has 0 fully saturated rings. The van der Waals surface area contributed by atoms with Gasteiger partial charge in [0.15, 0.2) is 6.04 Å². The third kappa shape index (κ3) is 2.11. The molecule has 1 N–H and O–H groups in total. The van der Waals surface area contributed by atoms with Gasteiger partial charge in [0.05, 0.1) is 6.07 Å². The number of benzene rings is 2. The van der Waals surface area contributed by atoms with Crippen molar-refractivity contribution in [2.45, 2.75) is 6.04 Å². The summed E-state index contributed by atoms with van der Waals surface area (Å²) in [5.74, 6) is -0.260. The topological polar surface area (TPSA) is 64.3 Å². The van der Waals surface area contributed by atoms with Crippen molar-refractivity contribution in [3.8, 4) is 11.8 Å². The molecule has 2 aromatic carbocycles. The highest BCUT2D eigenvalue weighted by molar-refractivity contribution is 6.36. The van der Waals surface area contributed by atoms with Crippen LogP contribution in [0.3, 0.4) is 0 Å². The monoisotopic (exact) mass is 318 g/mol. The van der Waals surface area contributed by atoms with Gasteiger partial charge in [0.25, 0.3) is 5.91 Å². The number of anilines is 1. The highest BCUT2D eigenvalue weighted by Gasteiger charge is 2.39. The minimum atomic E-state index is -0.818. The van der Waals surface area contributed by atoms with Crippen molar-refractivity contribution in [3.05, 3.63) is 57.6 Å². The molecule has 0 saturated heterocycles. The van der Waals surface area contributed by atoms with Gasteiger partial charge in [0.2, 0.25) is 0 Å². The van der Waals surface area contributed by atoms with Crippen LogP contribution in [0.4, 0.5) is 5.69 Å². The molecular weight excluding hydrogens is 311 g/mol. The van der Waals surface area contributed by atoms with Crippen molar-refractivity contribution >= 4 is 34.8 Å². The van der Waals surface area contributed by atoms with Gasteiger partial charge in [-0.15, -0.1) is 0 Å². The van der Waals surface area contributed by atoms with E-state index in [0.29, 0.717) is 26.9 Å². The summed E-state index contributed by atoms with van der Waals surface area (Å²) in [5, 5.41) is 19.4. The second-order valence-corrected chi connectivity index (χ2v) is 5.42. The largest absolute Gasteiger partial charge is 0.508 e. The first-order chi connectivity index (χ1) is 10.0. The van der Waals surface area contributed by atoms with Gasteiger partial charge in [0, 0.05) is 26.9 Å². The summed E-state index contributed by atoms with van der Waals surface area (Å²) >= 11 is 12.1. The number of aromatic hydroxyl groups is 1. The van der Waals surface area contributed by atoms with Gasteiger partial charge >= 0.3 is 0 Å². The van der Waals surface area contributed by atoms with Crippen molar-refractivity contribution in [2.75, 3.05) is 4.90 Å². The van der Waals surface area contributed by atoms with Crippen LogP contribution in [0.25, 0.3) is 0 Å². The first-order valence-corrected chi connectivity index (χ1v) is 6.79. The van der Waals surface area contributed by atoms with E-state index in [9.17, 15) is 15.2 Å². The number of hydrogen-bond donors (Lipinski definition) is 1. The number of halogens is 2. The molecule has 104 valence electrons. The number of carbonyl (C=O) groups excluding carboxylic acids is 1. The lowest BCUT2D eigenvalue weighted by atomic mass is 10.1. The van der Waals surface area contributed by atoms with Crippen LogP contribution in [0, 0.1) is 11.3 Å². The van der Waals surface area contributed by atoms with E-state index in [4.69, 9.17) is 23.2 Å². The first-order valence-electron chi connectivity index (χ1n) is 6.04. The SMILES string of the molecule is N#CC1c2c(Cl)cc(Cl)cc2C(=O)N1c1ccc(O)cc1. The fourth-order valence-electron chi connectivity index (χ4n) is 2.42. The number of amides is 1. The average molecular weight is 319 g/mol. The third-order valence-electron chi connectivity index (χ3n) is 3.33. The number of nitriles is 1. The number of carbonyl (C=O) groups is 1. The molecule has 4 nitrogen and oxygen atoms in total. The smallest absolute Gasteiger partial charge is 0.260 e. The Morgan fingerprint density at radius 1 is 1.19 bits per heavy atom. The minimum Gasteiger partial charge on any atom is -0.508 e. The Labute approximate surface area is 130 Å². The fourth-order valence-corrected chi connectivity index (χ4v) is 3.01. The summed E-state index contributed by atoms with van der Waals surface area (Å²) in [6.07, 6.45) is 0. The second-order valence-electron chi connectivity index (χ2n) is 4.57. The molecule has 21 heavy (non-hydrogen) atoms. The molecule has 6 heteroatoms.